The number of nitrogen functional groups attached to an aromatic ring is 1. The van der Waals surface area contributed by atoms with Crippen LogP contribution in [0.3, 0.4) is 0 Å². The summed E-state index contributed by atoms with van der Waals surface area (Å²) in [5.74, 6) is -2.05. The van der Waals surface area contributed by atoms with Crippen molar-refractivity contribution in [3.05, 3.63) is 16.7 Å². The number of ether oxygens (including phenoxy) is 1. The van der Waals surface area contributed by atoms with E-state index >= 15 is 0 Å². The monoisotopic (exact) mass is 410 g/mol. The third-order valence-electron chi connectivity index (χ3n) is 3.82. The van der Waals surface area contributed by atoms with Crippen LogP contribution in [0.25, 0.3) is 0 Å². The van der Waals surface area contributed by atoms with Gasteiger partial charge in [-0.3, -0.25) is 9.13 Å². The molecule has 0 unspecified atom stereocenters. The third kappa shape index (κ3) is 4.81. The maximum atomic E-state index is 12.0. The molecule has 0 spiro atoms. The number of aliphatic carboxylic acids is 1. The molecular weight excluding hydrogens is 391 g/mol. The first-order chi connectivity index (χ1) is 12.4. The van der Waals surface area contributed by atoms with Crippen molar-refractivity contribution < 1.29 is 44.3 Å². The van der Waals surface area contributed by atoms with Crippen LogP contribution in [0.4, 0.5) is 11.5 Å². The topological polar surface area (TPSA) is 238 Å². The van der Waals surface area contributed by atoms with Crippen LogP contribution in [-0.4, -0.2) is 82.9 Å². The largest absolute Gasteiger partial charge is 0.480 e. The minimum Gasteiger partial charge on any atom is -0.480 e. The standard InChI is InChI=1S/C12H19N4O10P/c13-9-4(14-5(11(20)21)3-27(23,24)25)1-16(12(22)15-9)10-8(19)7(18)6(2-17)26-10/h1,5-8,10,14,17-19H,2-3H2,(H,20,21)(H2,13,15,22)(H2,23,24,25)/t5-,6+,7+,8+,10+/m0/s1. The molecule has 0 bridgehead atoms. The number of carboxylic acids is 1. The Balaban J connectivity index is 2.37. The van der Waals surface area contributed by atoms with Gasteiger partial charge in [0.25, 0.3) is 0 Å². The average Bonchev–Trinajstić information content (AvgIpc) is 2.83. The van der Waals surface area contributed by atoms with E-state index in [9.17, 15) is 24.4 Å². The Morgan fingerprint density at radius 1 is 1.41 bits per heavy atom. The molecule has 0 radical (unpaired) electrons. The van der Waals surface area contributed by atoms with E-state index in [1.54, 1.807) is 0 Å². The number of aliphatic hydroxyl groups is 3. The fourth-order valence-corrected chi connectivity index (χ4v) is 3.22. The molecule has 1 fully saturated rings. The van der Waals surface area contributed by atoms with Gasteiger partial charge >= 0.3 is 19.3 Å². The quantitative estimate of drug-likeness (QED) is 0.204. The lowest BCUT2D eigenvalue weighted by Gasteiger charge is -2.21. The maximum absolute atomic E-state index is 12.0. The lowest BCUT2D eigenvalue weighted by Crippen LogP contribution is -2.37. The maximum Gasteiger partial charge on any atom is 0.351 e. The predicted molar refractivity (Wildman–Crippen MR) is 87.9 cm³/mol. The number of nitrogens with one attached hydrogen (secondary N) is 1. The summed E-state index contributed by atoms with van der Waals surface area (Å²) in [4.78, 5) is 44.7. The second kappa shape index (κ2) is 7.90. The summed E-state index contributed by atoms with van der Waals surface area (Å²) >= 11 is 0. The molecule has 1 saturated heterocycles. The van der Waals surface area contributed by atoms with Gasteiger partial charge in [0.2, 0.25) is 0 Å². The molecule has 9 N–H and O–H groups in total. The van der Waals surface area contributed by atoms with E-state index in [0.29, 0.717) is 4.57 Å². The van der Waals surface area contributed by atoms with Gasteiger partial charge in [0, 0.05) is 6.20 Å². The number of nitrogens with zero attached hydrogens (tertiary/aromatic N) is 2. The second-order valence-corrected chi connectivity index (χ2v) is 7.54. The summed E-state index contributed by atoms with van der Waals surface area (Å²) in [6, 6.07) is -1.76. The first kappa shape index (κ1) is 21.2. The van der Waals surface area contributed by atoms with Crippen molar-refractivity contribution in [2.24, 2.45) is 0 Å². The van der Waals surface area contributed by atoms with Crippen LogP contribution in [0.15, 0.2) is 11.0 Å². The summed E-state index contributed by atoms with van der Waals surface area (Å²) in [5, 5.41) is 40.2. The van der Waals surface area contributed by atoms with Crippen molar-refractivity contribution in [2.45, 2.75) is 30.6 Å². The fourth-order valence-electron chi connectivity index (χ4n) is 2.50. The molecule has 14 nitrogen and oxygen atoms in total. The van der Waals surface area contributed by atoms with E-state index in [2.05, 4.69) is 10.3 Å². The van der Waals surface area contributed by atoms with Crippen molar-refractivity contribution in [1.82, 2.24) is 9.55 Å². The van der Waals surface area contributed by atoms with E-state index in [4.69, 9.17) is 30.5 Å². The molecule has 0 aliphatic carbocycles. The van der Waals surface area contributed by atoms with Gasteiger partial charge in [0.05, 0.1) is 18.5 Å². The van der Waals surface area contributed by atoms with Crippen molar-refractivity contribution >= 4 is 25.1 Å². The molecular formula is C12H19N4O10P. The average molecular weight is 410 g/mol. The highest BCUT2D eigenvalue weighted by Crippen LogP contribution is 2.36. The molecule has 2 heterocycles. The first-order valence-corrected chi connectivity index (χ1v) is 9.29. The Morgan fingerprint density at radius 3 is 2.52 bits per heavy atom. The van der Waals surface area contributed by atoms with Crippen LogP contribution in [0, 0.1) is 0 Å². The Morgan fingerprint density at radius 2 is 2.04 bits per heavy atom. The molecule has 1 aromatic rings. The number of carboxylic acid groups (broad SMARTS) is 1. The van der Waals surface area contributed by atoms with Crippen molar-refractivity contribution in [3.63, 3.8) is 0 Å². The Bertz CT molecular complexity index is 810. The predicted octanol–water partition coefficient (Wildman–Crippen LogP) is -3.52. The smallest absolute Gasteiger partial charge is 0.351 e. The summed E-state index contributed by atoms with van der Waals surface area (Å²) in [6.07, 6.45) is -5.86. The number of aromatic nitrogens is 2. The summed E-state index contributed by atoms with van der Waals surface area (Å²) < 4.78 is 17.0. The highest BCUT2D eigenvalue weighted by atomic mass is 31.2. The van der Waals surface area contributed by atoms with E-state index in [0.717, 1.165) is 6.20 Å². The van der Waals surface area contributed by atoms with Crippen LogP contribution in [0.5, 0.6) is 0 Å². The van der Waals surface area contributed by atoms with E-state index in [1.165, 1.54) is 0 Å². The minimum atomic E-state index is -4.70. The number of carbonyl (C=O) groups is 1. The van der Waals surface area contributed by atoms with Crippen molar-refractivity contribution in [2.75, 3.05) is 23.8 Å². The van der Waals surface area contributed by atoms with Gasteiger partial charge in [-0.15, -0.1) is 0 Å². The Hall–Kier alpha value is -2.06. The zero-order chi connectivity index (χ0) is 20.5. The molecule has 1 aliphatic rings. The zero-order valence-electron chi connectivity index (χ0n) is 13.6. The van der Waals surface area contributed by atoms with Crippen LogP contribution in [-0.2, 0) is 14.1 Å². The number of hydrogen-bond acceptors (Lipinski definition) is 10. The molecule has 15 heteroatoms. The van der Waals surface area contributed by atoms with Crippen LogP contribution >= 0.6 is 7.60 Å². The fraction of sp³-hybridized carbons (Fsp3) is 0.583. The summed E-state index contributed by atoms with van der Waals surface area (Å²) in [5.41, 5.74) is 4.27. The minimum absolute atomic E-state index is 0.270. The third-order valence-corrected chi connectivity index (χ3v) is 4.66. The number of aliphatic hydroxyl groups excluding tert-OH is 3. The van der Waals surface area contributed by atoms with Crippen LogP contribution < -0.4 is 16.7 Å². The Labute approximate surface area is 151 Å². The molecule has 0 saturated carbocycles. The van der Waals surface area contributed by atoms with Gasteiger partial charge < -0.3 is 46.0 Å². The van der Waals surface area contributed by atoms with Gasteiger partial charge in [0.1, 0.15) is 24.4 Å². The molecule has 0 aromatic carbocycles. The van der Waals surface area contributed by atoms with E-state index < -0.39 is 68.4 Å². The molecule has 0 amide bonds. The van der Waals surface area contributed by atoms with Gasteiger partial charge in [-0.1, -0.05) is 0 Å². The highest BCUT2D eigenvalue weighted by Gasteiger charge is 2.44. The normalized spacial score (nSPS) is 26.7. The lowest BCUT2D eigenvalue weighted by atomic mass is 10.1. The molecule has 5 atom stereocenters. The Kier molecular flexibility index (Phi) is 6.21. The summed E-state index contributed by atoms with van der Waals surface area (Å²) in [6.45, 7) is -0.639. The molecule has 152 valence electrons. The van der Waals surface area contributed by atoms with Crippen molar-refractivity contribution in [1.29, 1.82) is 0 Å². The van der Waals surface area contributed by atoms with Crippen LogP contribution in [0.2, 0.25) is 0 Å². The van der Waals surface area contributed by atoms with Crippen LogP contribution in [0.1, 0.15) is 6.23 Å². The molecule has 1 aromatic heterocycles. The van der Waals surface area contributed by atoms with Gasteiger partial charge in [-0.05, 0) is 0 Å². The molecule has 27 heavy (non-hydrogen) atoms. The van der Waals surface area contributed by atoms with E-state index in [1.807, 2.05) is 0 Å². The molecule has 1 aliphatic heterocycles. The lowest BCUT2D eigenvalue weighted by molar-refractivity contribution is -0.137. The number of anilines is 2. The second-order valence-electron chi connectivity index (χ2n) is 5.84. The van der Waals surface area contributed by atoms with Crippen molar-refractivity contribution in [3.8, 4) is 0 Å². The number of rotatable bonds is 7. The summed E-state index contributed by atoms with van der Waals surface area (Å²) in [7, 11) is -4.70. The molecule has 2 rings (SSSR count). The van der Waals surface area contributed by atoms with Gasteiger partial charge in [0.15, 0.2) is 12.0 Å². The zero-order valence-corrected chi connectivity index (χ0v) is 14.5. The van der Waals surface area contributed by atoms with E-state index in [-0.39, 0.29) is 5.69 Å². The first-order valence-electron chi connectivity index (χ1n) is 7.49. The SMILES string of the molecule is Nc1nc(=O)n([C@@H]2O[C@H](CO)[C@@H](O)[C@H]2O)cc1N[C@@H](CP(=O)(O)O)C(=O)O. The van der Waals surface area contributed by atoms with Gasteiger partial charge in [-0.2, -0.15) is 4.98 Å². The number of hydrogen-bond donors (Lipinski definition) is 8. The van der Waals surface area contributed by atoms with Gasteiger partial charge in [-0.25, -0.2) is 9.59 Å². The highest BCUT2D eigenvalue weighted by molar-refractivity contribution is 7.51. The number of nitrogens with two attached hydrogens (primary N) is 1.